The molecule has 2 amide bonds. The highest BCUT2D eigenvalue weighted by molar-refractivity contribution is 7.89. The van der Waals surface area contributed by atoms with Crippen molar-refractivity contribution in [1.29, 1.82) is 0 Å². The fraction of sp³-hybridized carbons (Fsp3) is 0.833. The van der Waals surface area contributed by atoms with Gasteiger partial charge in [-0.15, -0.1) is 0 Å². The number of nitrogens with zero attached hydrogens (tertiary/aromatic N) is 1. The number of piperidine rings is 1. The molecule has 1 atom stereocenters. The molecule has 1 rings (SSSR count). The second-order valence-electron chi connectivity index (χ2n) is 5.23. The van der Waals surface area contributed by atoms with Crippen molar-refractivity contribution in [3.63, 3.8) is 0 Å². The maximum Gasteiger partial charge on any atom is 0.317 e. The van der Waals surface area contributed by atoms with Crippen molar-refractivity contribution >= 4 is 22.0 Å². The van der Waals surface area contributed by atoms with Crippen molar-refractivity contribution in [2.75, 3.05) is 18.8 Å². The molecule has 0 aromatic rings. The summed E-state index contributed by atoms with van der Waals surface area (Å²) in [7, 11) is -3.51. The number of carboxylic acid groups (broad SMARTS) is 1. The van der Waals surface area contributed by atoms with Gasteiger partial charge in [0.2, 0.25) is 10.0 Å². The van der Waals surface area contributed by atoms with Gasteiger partial charge in [-0.3, -0.25) is 4.79 Å². The van der Waals surface area contributed by atoms with Gasteiger partial charge in [0.15, 0.2) is 0 Å². The Hall–Kier alpha value is -1.35. The SMILES string of the molecule is NS(=O)(=O)CCCNC(=O)N1CCCCC1CCC(=O)O. The molecule has 122 valence electrons. The lowest BCUT2D eigenvalue weighted by Crippen LogP contribution is -2.49. The fourth-order valence-electron chi connectivity index (χ4n) is 2.43. The average molecular weight is 321 g/mol. The second kappa shape index (κ2) is 8.18. The first kappa shape index (κ1) is 17.7. The molecule has 1 saturated heterocycles. The Morgan fingerprint density at radius 3 is 2.67 bits per heavy atom. The summed E-state index contributed by atoms with van der Waals surface area (Å²) in [5.74, 6) is -1.04. The van der Waals surface area contributed by atoms with Crippen molar-refractivity contribution in [3.8, 4) is 0 Å². The van der Waals surface area contributed by atoms with E-state index in [1.807, 2.05) is 0 Å². The summed E-state index contributed by atoms with van der Waals surface area (Å²) in [4.78, 5) is 24.4. The molecule has 1 unspecified atom stereocenters. The van der Waals surface area contributed by atoms with Gasteiger partial charge in [0.05, 0.1) is 5.75 Å². The van der Waals surface area contributed by atoms with Crippen molar-refractivity contribution in [1.82, 2.24) is 10.2 Å². The molecular weight excluding hydrogens is 298 g/mol. The number of likely N-dealkylation sites (tertiary alicyclic amines) is 1. The van der Waals surface area contributed by atoms with Crippen LogP contribution >= 0.6 is 0 Å². The van der Waals surface area contributed by atoms with Crippen LogP contribution in [0.3, 0.4) is 0 Å². The van der Waals surface area contributed by atoms with Crippen molar-refractivity contribution in [3.05, 3.63) is 0 Å². The van der Waals surface area contributed by atoms with Gasteiger partial charge < -0.3 is 15.3 Å². The number of carbonyl (C=O) groups is 2. The Kier molecular flexibility index (Phi) is 6.90. The number of sulfonamides is 1. The number of nitrogens with one attached hydrogen (secondary N) is 1. The van der Waals surface area contributed by atoms with E-state index in [1.165, 1.54) is 0 Å². The molecule has 0 bridgehead atoms. The maximum atomic E-state index is 12.1. The first-order valence-corrected chi connectivity index (χ1v) is 8.78. The van der Waals surface area contributed by atoms with Crippen molar-refractivity contribution in [2.45, 2.75) is 44.6 Å². The van der Waals surface area contributed by atoms with Gasteiger partial charge >= 0.3 is 12.0 Å². The molecule has 9 heteroatoms. The highest BCUT2D eigenvalue weighted by atomic mass is 32.2. The lowest BCUT2D eigenvalue weighted by atomic mass is 9.98. The number of amides is 2. The van der Waals surface area contributed by atoms with Crippen LogP contribution in [0.15, 0.2) is 0 Å². The lowest BCUT2D eigenvalue weighted by molar-refractivity contribution is -0.137. The zero-order valence-electron chi connectivity index (χ0n) is 12.0. The molecule has 8 nitrogen and oxygen atoms in total. The van der Waals surface area contributed by atoms with E-state index in [1.54, 1.807) is 4.90 Å². The maximum absolute atomic E-state index is 12.1. The monoisotopic (exact) mass is 321 g/mol. The third-order valence-corrected chi connectivity index (χ3v) is 4.32. The summed E-state index contributed by atoms with van der Waals surface area (Å²) < 4.78 is 21.6. The van der Waals surface area contributed by atoms with E-state index < -0.39 is 16.0 Å². The quantitative estimate of drug-likeness (QED) is 0.572. The van der Waals surface area contributed by atoms with Gasteiger partial charge in [-0.25, -0.2) is 18.4 Å². The van der Waals surface area contributed by atoms with Crippen LogP contribution in [0.4, 0.5) is 4.79 Å². The Morgan fingerprint density at radius 1 is 1.33 bits per heavy atom. The highest BCUT2D eigenvalue weighted by Gasteiger charge is 2.26. The average Bonchev–Trinajstić information content (AvgIpc) is 2.40. The molecule has 21 heavy (non-hydrogen) atoms. The largest absolute Gasteiger partial charge is 0.481 e. The molecule has 1 heterocycles. The lowest BCUT2D eigenvalue weighted by Gasteiger charge is -2.35. The number of hydrogen-bond donors (Lipinski definition) is 3. The molecule has 1 aliphatic rings. The van der Waals surface area contributed by atoms with Crippen LogP contribution in [0.1, 0.15) is 38.5 Å². The predicted octanol–water partition coefficient (Wildman–Crippen LogP) is 0.0939. The molecule has 0 aliphatic carbocycles. The normalized spacial score (nSPS) is 19.3. The summed E-state index contributed by atoms with van der Waals surface area (Å²) in [5.41, 5.74) is 0. The number of urea groups is 1. The minimum absolute atomic E-state index is 0.0415. The zero-order chi connectivity index (χ0) is 15.9. The van der Waals surface area contributed by atoms with Gasteiger partial charge in [-0.1, -0.05) is 0 Å². The summed E-state index contributed by atoms with van der Waals surface area (Å²) >= 11 is 0. The Labute approximate surface area is 124 Å². The number of carboxylic acids is 1. The zero-order valence-corrected chi connectivity index (χ0v) is 12.8. The van der Waals surface area contributed by atoms with Crippen molar-refractivity contribution in [2.24, 2.45) is 5.14 Å². The van der Waals surface area contributed by atoms with E-state index in [9.17, 15) is 18.0 Å². The Morgan fingerprint density at radius 2 is 2.05 bits per heavy atom. The molecule has 0 spiro atoms. The van der Waals surface area contributed by atoms with Gasteiger partial charge in [0.1, 0.15) is 0 Å². The highest BCUT2D eigenvalue weighted by Crippen LogP contribution is 2.20. The first-order chi connectivity index (χ1) is 9.79. The van der Waals surface area contributed by atoms with E-state index in [4.69, 9.17) is 10.2 Å². The molecule has 0 radical (unpaired) electrons. The summed E-state index contributed by atoms with van der Waals surface area (Å²) in [5, 5.41) is 16.3. The Balaban J connectivity index is 2.40. The molecule has 4 N–H and O–H groups in total. The van der Waals surface area contributed by atoms with E-state index in [2.05, 4.69) is 5.32 Å². The van der Waals surface area contributed by atoms with Crippen LogP contribution in [-0.2, 0) is 14.8 Å². The number of aliphatic carboxylic acids is 1. The van der Waals surface area contributed by atoms with Gasteiger partial charge in [-0.2, -0.15) is 0 Å². The van der Waals surface area contributed by atoms with E-state index in [0.29, 0.717) is 13.0 Å². The fourth-order valence-corrected chi connectivity index (χ4v) is 2.98. The van der Waals surface area contributed by atoms with Gasteiger partial charge in [-0.05, 0) is 32.1 Å². The predicted molar refractivity (Wildman–Crippen MR) is 77.2 cm³/mol. The van der Waals surface area contributed by atoms with Crippen LogP contribution in [-0.4, -0.2) is 55.3 Å². The van der Waals surface area contributed by atoms with Crippen LogP contribution in [0.2, 0.25) is 0 Å². The summed E-state index contributed by atoms with van der Waals surface area (Å²) in [6, 6.07) is -0.326. The van der Waals surface area contributed by atoms with E-state index >= 15 is 0 Å². The van der Waals surface area contributed by atoms with Crippen LogP contribution in [0.25, 0.3) is 0 Å². The Bertz CT molecular complexity index is 466. The number of hydrogen-bond acceptors (Lipinski definition) is 4. The van der Waals surface area contributed by atoms with E-state index in [-0.39, 0.29) is 37.2 Å². The third kappa shape index (κ3) is 7.28. The smallest absolute Gasteiger partial charge is 0.317 e. The number of nitrogens with two attached hydrogens (primary N) is 1. The topological polar surface area (TPSA) is 130 Å². The standard InChI is InChI=1S/C12H23N3O5S/c13-21(19,20)9-3-7-14-12(18)15-8-2-1-4-10(15)5-6-11(16)17/h10H,1-9H2,(H,14,18)(H,16,17)(H2,13,19,20). The minimum atomic E-state index is -3.51. The summed E-state index contributed by atoms with van der Waals surface area (Å²) in [6.45, 7) is 0.836. The van der Waals surface area contributed by atoms with Gasteiger partial charge in [0, 0.05) is 25.6 Å². The molecule has 0 aromatic carbocycles. The van der Waals surface area contributed by atoms with Crippen LogP contribution in [0, 0.1) is 0 Å². The number of carbonyl (C=O) groups excluding carboxylic acids is 1. The number of rotatable bonds is 7. The van der Waals surface area contributed by atoms with Crippen molar-refractivity contribution < 1.29 is 23.1 Å². The number of primary sulfonamides is 1. The second-order valence-corrected chi connectivity index (χ2v) is 6.96. The minimum Gasteiger partial charge on any atom is -0.481 e. The molecule has 1 aliphatic heterocycles. The molecule has 0 saturated carbocycles. The van der Waals surface area contributed by atoms with Crippen LogP contribution in [0.5, 0.6) is 0 Å². The van der Waals surface area contributed by atoms with Gasteiger partial charge in [0.25, 0.3) is 0 Å². The molecule has 0 aromatic heterocycles. The summed E-state index contributed by atoms with van der Waals surface area (Å²) in [6.07, 6.45) is 3.43. The molecular formula is C12H23N3O5S. The van der Waals surface area contributed by atoms with Crippen LogP contribution < -0.4 is 10.5 Å². The molecule has 1 fully saturated rings. The first-order valence-electron chi connectivity index (χ1n) is 7.06. The van der Waals surface area contributed by atoms with E-state index in [0.717, 1.165) is 19.3 Å². The third-order valence-electron chi connectivity index (χ3n) is 3.46.